The van der Waals surface area contributed by atoms with Crippen molar-refractivity contribution in [3.8, 4) is 17.2 Å². The van der Waals surface area contributed by atoms with Crippen LogP contribution in [0.25, 0.3) is 11.5 Å². The first-order valence-electron chi connectivity index (χ1n) is 6.42. The third-order valence-electron chi connectivity index (χ3n) is 2.98. The minimum absolute atomic E-state index is 0.0429. The smallest absolute Gasteiger partial charge is 0.387 e. The highest BCUT2D eigenvalue weighted by atomic mass is 19.3. The van der Waals surface area contributed by atoms with E-state index >= 15 is 0 Å². The molecule has 1 N–H and O–H groups in total. The summed E-state index contributed by atoms with van der Waals surface area (Å²) in [6, 6.07) is 5.99. The van der Waals surface area contributed by atoms with Gasteiger partial charge in [-0.3, -0.25) is 0 Å². The van der Waals surface area contributed by atoms with Gasteiger partial charge < -0.3 is 19.3 Å². The van der Waals surface area contributed by atoms with Crippen LogP contribution in [0.3, 0.4) is 0 Å². The van der Waals surface area contributed by atoms with Crippen LogP contribution in [0.5, 0.6) is 5.75 Å². The summed E-state index contributed by atoms with van der Waals surface area (Å²) in [7, 11) is 0. The lowest BCUT2D eigenvalue weighted by atomic mass is 10.2. The standard InChI is InChI=1S/C13H13F2N3O3/c14-13(15)20-9-3-1-2-8(6-9)12-17-11(18-21-12)10-7-19-5-4-16-10/h1-3,6,10,13,16H,4-5,7H2. The van der Waals surface area contributed by atoms with Gasteiger partial charge in [0.05, 0.1) is 19.3 Å². The van der Waals surface area contributed by atoms with E-state index in [-0.39, 0.29) is 17.7 Å². The highest BCUT2D eigenvalue weighted by molar-refractivity contribution is 5.55. The highest BCUT2D eigenvalue weighted by Gasteiger charge is 2.21. The lowest BCUT2D eigenvalue weighted by Crippen LogP contribution is -2.35. The molecule has 0 radical (unpaired) electrons. The minimum atomic E-state index is -2.87. The quantitative estimate of drug-likeness (QED) is 0.931. The van der Waals surface area contributed by atoms with Crippen LogP contribution in [0.1, 0.15) is 11.9 Å². The third-order valence-corrected chi connectivity index (χ3v) is 2.98. The van der Waals surface area contributed by atoms with E-state index in [2.05, 4.69) is 20.2 Å². The van der Waals surface area contributed by atoms with E-state index in [0.717, 1.165) is 0 Å². The second kappa shape index (κ2) is 6.15. The monoisotopic (exact) mass is 297 g/mol. The summed E-state index contributed by atoms with van der Waals surface area (Å²) in [5.41, 5.74) is 0.517. The van der Waals surface area contributed by atoms with Crippen LogP contribution >= 0.6 is 0 Å². The van der Waals surface area contributed by atoms with Crippen LogP contribution in [0.2, 0.25) is 0 Å². The normalized spacial score (nSPS) is 18.9. The van der Waals surface area contributed by atoms with Crippen molar-refractivity contribution in [1.29, 1.82) is 0 Å². The van der Waals surface area contributed by atoms with Gasteiger partial charge in [0, 0.05) is 12.1 Å². The molecule has 3 rings (SSSR count). The predicted molar refractivity (Wildman–Crippen MR) is 67.9 cm³/mol. The Hall–Kier alpha value is -2.06. The first-order chi connectivity index (χ1) is 10.2. The highest BCUT2D eigenvalue weighted by Crippen LogP contribution is 2.25. The average molecular weight is 297 g/mol. The summed E-state index contributed by atoms with van der Waals surface area (Å²) in [6.07, 6.45) is 0. The van der Waals surface area contributed by atoms with Crippen molar-refractivity contribution >= 4 is 0 Å². The predicted octanol–water partition coefficient (Wildman–Crippen LogP) is 2.00. The first-order valence-corrected chi connectivity index (χ1v) is 6.42. The molecule has 21 heavy (non-hydrogen) atoms. The molecule has 0 amide bonds. The molecular formula is C13H13F2N3O3. The van der Waals surface area contributed by atoms with Crippen molar-refractivity contribution in [1.82, 2.24) is 15.5 Å². The third kappa shape index (κ3) is 3.34. The summed E-state index contributed by atoms with van der Waals surface area (Å²) in [5.74, 6) is 0.767. The Morgan fingerprint density at radius 1 is 1.38 bits per heavy atom. The van der Waals surface area contributed by atoms with Gasteiger partial charge in [0.1, 0.15) is 5.75 Å². The second-order valence-electron chi connectivity index (χ2n) is 4.45. The Labute approximate surface area is 119 Å². The molecule has 1 saturated heterocycles. The molecule has 2 heterocycles. The fourth-order valence-electron chi connectivity index (χ4n) is 2.03. The molecule has 1 aliphatic rings. The fraction of sp³-hybridized carbons (Fsp3) is 0.385. The van der Waals surface area contributed by atoms with Crippen molar-refractivity contribution < 1.29 is 22.8 Å². The Morgan fingerprint density at radius 3 is 3.05 bits per heavy atom. The number of ether oxygens (including phenoxy) is 2. The number of morpholine rings is 1. The number of aromatic nitrogens is 2. The zero-order chi connectivity index (χ0) is 14.7. The molecule has 8 heteroatoms. The van der Waals surface area contributed by atoms with Crippen LogP contribution in [0.15, 0.2) is 28.8 Å². The van der Waals surface area contributed by atoms with Crippen molar-refractivity contribution in [2.24, 2.45) is 0 Å². The van der Waals surface area contributed by atoms with E-state index in [4.69, 9.17) is 9.26 Å². The van der Waals surface area contributed by atoms with Gasteiger partial charge in [-0.25, -0.2) is 0 Å². The molecule has 1 atom stereocenters. The minimum Gasteiger partial charge on any atom is -0.435 e. The summed E-state index contributed by atoms with van der Waals surface area (Å²) >= 11 is 0. The molecule has 6 nitrogen and oxygen atoms in total. The van der Waals surface area contributed by atoms with Crippen molar-refractivity contribution in [3.63, 3.8) is 0 Å². The fourth-order valence-corrected chi connectivity index (χ4v) is 2.03. The van der Waals surface area contributed by atoms with E-state index in [1.54, 1.807) is 12.1 Å². The molecule has 0 bridgehead atoms. The summed E-state index contributed by atoms with van der Waals surface area (Å²) < 4.78 is 39.2. The van der Waals surface area contributed by atoms with E-state index in [1.807, 2.05) is 0 Å². The number of nitrogens with one attached hydrogen (secondary N) is 1. The maximum atomic E-state index is 12.2. The lowest BCUT2D eigenvalue weighted by molar-refractivity contribution is -0.0498. The molecule has 1 aliphatic heterocycles. The van der Waals surface area contributed by atoms with Gasteiger partial charge >= 0.3 is 6.61 Å². The van der Waals surface area contributed by atoms with Gasteiger partial charge in [-0.05, 0) is 18.2 Å². The Balaban J connectivity index is 1.79. The maximum Gasteiger partial charge on any atom is 0.387 e. The number of hydrogen-bond acceptors (Lipinski definition) is 6. The largest absolute Gasteiger partial charge is 0.435 e. The van der Waals surface area contributed by atoms with E-state index < -0.39 is 6.61 Å². The van der Waals surface area contributed by atoms with Crippen LogP contribution in [-0.2, 0) is 4.74 Å². The Morgan fingerprint density at radius 2 is 2.29 bits per heavy atom. The summed E-state index contributed by atoms with van der Waals surface area (Å²) in [4.78, 5) is 4.26. The number of alkyl halides is 2. The maximum absolute atomic E-state index is 12.2. The molecule has 112 valence electrons. The molecule has 1 aromatic carbocycles. The number of nitrogens with zero attached hydrogens (tertiary/aromatic N) is 2. The van der Waals surface area contributed by atoms with Crippen molar-refractivity contribution in [2.75, 3.05) is 19.8 Å². The van der Waals surface area contributed by atoms with Gasteiger partial charge in [0.2, 0.25) is 0 Å². The molecule has 0 spiro atoms. The first kappa shape index (κ1) is 13.9. The summed E-state index contributed by atoms with van der Waals surface area (Å²) in [6.45, 7) is -1.05. The van der Waals surface area contributed by atoms with Gasteiger partial charge in [0.25, 0.3) is 5.89 Å². The van der Waals surface area contributed by atoms with E-state index in [1.165, 1.54) is 12.1 Å². The number of benzene rings is 1. The van der Waals surface area contributed by atoms with Gasteiger partial charge in [-0.1, -0.05) is 11.2 Å². The van der Waals surface area contributed by atoms with Crippen LogP contribution in [0.4, 0.5) is 8.78 Å². The summed E-state index contributed by atoms with van der Waals surface area (Å²) in [5, 5.41) is 7.09. The zero-order valence-corrected chi connectivity index (χ0v) is 11.0. The van der Waals surface area contributed by atoms with E-state index in [9.17, 15) is 8.78 Å². The van der Waals surface area contributed by atoms with Crippen LogP contribution in [-0.4, -0.2) is 36.5 Å². The zero-order valence-electron chi connectivity index (χ0n) is 11.0. The van der Waals surface area contributed by atoms with Gasteiger partial charge in [-0.2, -0.15) is 13.8 Å². The Bertz CT molecular complexity index is 600. The van der Waals surface area contributed by atoms with Crippen LogP contribution < -0.4 is 10.1 Å². The molecular weight excluding hydrogens is 284 g/mol. The van der Waals surface area contributed by atoms with Gasteiger partial charge in [0.15, 0.2) is 5.82 Å². The SMILES string of the molecule is FC(F)Oc1cccc(-c2nc(C3COCCN3)no2)c1. The van der Waals surface area contributed by atoms with Crippen molar-refractivity contribution in [3.05, 3.63) is 30.1 Å². The molecule has 2 aromatic rings. The Kier molecular flexibility index (Phi) is 4.07. The van der Waals surface area contributed by atoms with Crippen LogP contribution in [0, 0.1) is 0 Å². The molecule has 1 aromatic heterocycles. The van der Waals surface area contributed by atoms with Gasteiger partial charge in [-0.15, -0.1) is 0 Å². The number of halogens is 2. The van der Waals surface area contributed by atoms with Crippen molar-refractivity contribution in [2.45, 2.75) is 12.7 Å². The van der Waals surface area contributed by atoms with E-state index in [0.29, 0.717) is 31.1 Å². The number of hydrogen-bond donors (Lipinski definition) is 1. The molecule has 1 unspecified atom stereocenters. The molecule has 1 fully saturated rings. The molecule has 0 aliphatic carbocycles. The molecule has 0 saturated carbocycles. The topological polar surface area (TPSA) is 69.4 Å². The lowest BCUT2D eigenvalue weighted by Gasteiger charge is -2.20. The second-order valence-corrected chi connectivity index (χ2v) is 4.45. The number of rotatable bonds is 4. The average Bonchev–Trinajstić information content (AvgIpc) is 2.98.